The maximum absolute atomic E-state index is 10.2. The second kappa shape index (κ2) is 6.81. The van der Waals surface area contributed by atoms with Gasteiger partial charge in [0.15, 0.2) is 0 Å². The highest BCUT2D eigenvalue weighted by Gasteiger charge is 2.18. The Bertz CT molecular complexity index is 596. The molecule has 0 spiro atoms. The minimum atomic E-state index is -0.511. The van der Waals surface area contributed by atoms with E-state index >= 15 is 0 Å². The predicted molar refractivity (Wildman–Crippen MR) is 85.0 cm³/mol. The Morgan fingerprint density at radius 3 is 3.00 bits per heavy atom. The maximum atomic E-state index is 10.2. The lowest BCUT2D eigenvalue weighted by Gasteiger charge is -2.25. The van der Waals surface area contributed by atoms with E-state index in [1.165, 1.54) is 0 Å². The number of aliphatic hydroxyl groups excluding tert-OH is 1. The zero-order chi connectivity index (χ0) is 15.4. The Hall–Kier alpha value is -2.05. The summed E-state index contributed by atoms with van der Waals surface area (Å²) in [5.74, 6) is 2.34. The highest BCUT2D eigenvalue weighted by atomic mass is 16.5. The Kier molecular flexibility index (Phi) is 4.60. The van der Waals surface area contributed by atoms with Gasteiger partial charge in [0.05, 0.1) is 19.4 Å². The van der Waals surface area contributed by atoms with Crippen molar-refractivity contribution in [3.05, 3.63) is 42.1 Å². The molecule has 3 rings (SSSR count). The molecule has 1 aliphatic heterocycles. The van der Waals surface area contributed by atoms with Crippen molar-refractivity contribution in [2.45, 2.75) is 12.6 Å². The van der Waals surface area contributed by atoms with Crippen LogP contribution in [0.5, 0.6) is 5.75 Å². The molecule has 0 saturated heterocycles. The maximum Gasteiger partial charge on any atom is 0.124 e. The zero-order valence-electron chi connectivity index (χ0n) is 12.7. The van der Waals surface area contributed by atoms with Gasteiger partial charge in [-0.2, -0.15) is 5.10 Å². The van der Waals surface area contributed by atoms with Gasteiger partial charge in [-0.25, -0.2) is 4.68 Å². The van der Waals surface area contributed by atoms with E-state index in [4.69, 9.17) is 4.74 Å². The SMILES string of the molecule is COc1ccc([C@@H](O)CNC[C@H]2CNc3ccnn3C2)cc1. The van der Waals surface area contributed by atoms with Gasteiger partial charge in [-0.15, -0.1) is 0 Å². The summed E-state index contributed by atoms with van der Waals surface area (Å²) in [7, 11) is 1.64. The van der Waals surface area contributed by atoms with E-state index in [1.54, 1.807) is 7.11 Å². The average molecular weight is 302 g/mol. The van der Waals surface area contributed by atoms with Gasteiger partial charge < -0.3 is 20.5 Å². The molecular weight excluding hydrogens is 280 g/mol. The molecule has 0 bridgehead atoms. The number of nitrogens with one attached hydrogen (secondary N) is 2. The number of aromatic nitrogens is 2. The molecule has 6 nitrogen and oxygen atoms in total. The minimum absolute atomic E-state index is 0.468. The zero-order valence-corrected chi connectivity index (χ0v) is 12.7. The Labute approximate surface area is 130 Å². The number of aliphatic hydroxyl groups is 1. The number of hydrogen-bond acceptors (Lipinski definition) is 5. The van der Waals surface area contributed by atoms with Crippen LogP contribution >= 0.6 is 0 Å². The summed E-state index contributed by atoms with van der Waals surface area (Å²) in [6.07, 6.45) is 1.30. The molecule has 0 amide bonds. The molecule has 1 aliphatic rings. The second-order valence-electron chi connectivity index (χ2n) is 5.59. The fourth-order valence-corrected chi connectivity index (χ4v) is 2.69. The van der Waals surface area contributed by atoms with Crippen LogP contribution < -0.4 is 15.4 Å². The third-order valence-corrected chi connectivity index (χ3v) is 3.99. The number of fused-ring (bicyclic) bond motifs is 1. The lowest BCUT2D eigenvalue weighted by Crippen LogP contribution is -2.36. The third-order valence-electron chi connectivity index (χ3n) is 3.99. The van der Waals surface area contributed by atoms with Crippen molar-refractivity contribution in [2.75, 3.05) is 32.1 Å². The molecule has 1 aromatic heterocycles. The number of methoxy groups -OCH3 is 1. The number of benzene rings is 1. The Morgan fingerprint density at radius 2 is 2.23 bits per heavy atom. The van der Waals surface area contributed by atoms with Crippen LogP contribution in [0, 0.1) is 5.92 Å². The van der Waals surface area contributed by atoms with Crippen LogP contribution in [0.3, 0.4) is 0 Å². The number of ether oxygens (including phenoxy) is 1. The van der Waals surface area contributed by atoms with Gasteiger partial charge >= 0.3 is 0 Å². The van der Waals surface area contributed by atoms with E-state index in [9.17, 15) is 5.11 Å². The first-order valence-corrected chi connectivity index (χ1v) is 7.54. The Morgan fingerprint density at radius 1 is 1.41 bits per heavy atom. The first-order chi connectivity index (χ1) is 10.8. The van der Waals surface area contributed by atoms with E-state index < -0.39 is 6.10 Å². The summed E-state index contributed by atoms with van der Waals surface area (Å²) in [5.41, 5.74) is 0.893. The number of anilines is 1. The standard InChI is InChI=1S/C16H22N4O2/c1-22-14-4-2-13(3-5-14)15(21)10-17-8-12-9-18-16-6-7-19-20(16)11-12/h2-7,12,15,17-18,21H,8-11H2,1H3/t12-,15-/m0/s1. The highest BCUT2D eigenvalue weighted by molar-refractivity contribution is 5.35. The van der Waals surface area contributed by atoms with Crippen LogP contribution in [0.25, 0.3) is 0 Å². The molecule has 3 N–H and O–H groups in total. The second-order valence-corrected chi connectivity index (χ2v) is 5.59. The summed E-state index contributed by atoms with van der Waals surface area (Å²) in [5, 5.41) is 21.2. The highest BCUT2D eigenvalue weighted by Crippen LogP contribution is 2.18. The normalized spacial score (nSPS) is 18.4. The molecule has 22 heavy (non-hydrogen) atoms. The predicted octanol–water partition coefficient (Wildman–Crippen LogP) is 1.26. The van der Waals surface area contributed by atoms with E-state index in [0.717, 1.165) is 36.8 Å². The molecule has 0 saturated carbocycles. The van der Waals surface area contributed by atoms with E-state index in [-0.39, 0.29) is 0 Å². The first kappa shape index (κ1) is 14.9. The third kappa shape index (κ3) is 3.40. The summed E-state index contributed by atoms with van der Waals surface area (Å²) >= 11 is 0. The Balaban J connectivity index is 1.44. The monoisotopic (exact) mass is 302 g/mol. The van der Waals surface area contributed by atoms with Gasteiger partial charge in [-0.1, -0.05) is 12.1 Å². The van der Waals surface area contributed by atoms with Crippen molar-refractivity contribution < 1.29 is 9.84 Å². The average Bonchev–Trinajstić information content (AvgIpc) is 3.02. The molecule has 6 heteroatoms. The van der Waals surface area contributed by atoms with Crippen LogP contribution in [-0.4, -0.2) is 41.6 Å². The van der Waals surface area contributed by atoms with Crippen LogP contribution in [-0.2, 0) is 6.54 Å². The van der Waals surface area contributed by atoms with Crippen LogP contribution in [0.4, 0.5) is 5.82 Å². The van der Waals surface area contributed by atoms with Gasteiger partial charge in [-0.05, 0) is 17.7 Å². The lowest BCUT2D eigenvalue weighted by molar-refractivity contribution is 0.172. The van der Waals surface area contributed by atoms with Gasteiger partial charge in [0.1, 0.15) is 11.6 Å². The first-order valence-electron chi connectivity index (χ1n) is 7.54. The molecule has 118 valence electrons. The molecule has 0 fully saturated rings. The van der Waals surface area contributed by atoms with Crippen molar-refractivity contribution in [3.8, 4) is 5.75 Å². The van der Waals surface area contributed by atoms with E-state index in [0.29, 0.717) is 12.5 Å². The number of rotatable bonds is 6. The van der Waals surface area contributed by atoms with Gasteiger partial charge in [0, 0.05) is 38.2 Å². The van der Waals surface area contributed by atoms with E-state index in [1.807, 2.05) is 41.2 Å². The van der Waals surface area contributed by atoms with Crippen LogP contribution in [0.1, 0.15) is 11.7 Å². The lowest BCUT2D eigenvalue weighted by atomic mass is 10.1. The number of hydrogen-bond donors (Lipinski definition) is 3. The largest absolute Gasteiger partial charge is 0.497 e. The van der Waals surface area contributed by atoms with Gasteiger partial charge in [-0.3, -0.25) is 0 Å². The minimum Gasteiger partial charge on any atom is -0.497 e. The quantitative estimate of drug-likeness (QED) is 0.749. The molecule has 2 atom stereocenters. The number of nitrogens with zero attached hydrogens (tertiary/aromatic N) is 2. The van der Waals surface area contributed by atoms with Crippen molar-refractivity contribution in [2.24, 2.45) is 5.92 Å². The van der Waals surface area contributed by atoms with Gasteiger partial charge in [0.2, 0.25) is 0 Å². The van der Waals surface area contributed by atoms with Crippen molar-refractivity contribution >= 4 is 5.82 Å². The van der Waals surface area contributed by atoms with Gasteiger partial charge in [0.25, 0.3) is 0 Å². The molecule has 0 unspecified atom stereocenters. The van der Waals surface area contributed by atoms with Crippen molar-refractivity contribution in [1.29, 1.82) is 0 Å². The molecule has 1 aromatic carbocycles. The molecule has 2 aromatic rings. The molecular formula is C16H22N4O2. The molecule has 0 aliphatic carbocycles. The van der Waals surface area contributed by atoms with Crippen LogP contribution in [0.15, 0.2) is 36.5 Å². The summed E-state index contributed by atoms with van der Waals surface area (Å²) in [4.78, 5) is 0. The van der Waals surface area contributed by atoms with Crippen LogP contribution in [0.2, 0.25) is 0 Å². The molecule has 0 radical (unpaired) electrons. The fourth-order valence-electron chi connectivity index (χ4n) is 2.69. The summed E-state index contributed by atoms with van der Waals surface area (Å²) in [6, 6.07) is 9.50. The fraction of sp³-hybridized carbons (Fsp3) is 0.438. The van der Waals surface area contributed by atoms with E-state index in [2.05, 4.69) is 15.7 Å². The van der Waals surface area contributed by atoms with Crippen molar-refractivity contribution in [3.63, 3.8) is 0 Å². The summed E-state index contributed by atoms with van der Waals surface area (Å²) < 4.78 is 7.10. The summed E-state index contributed by atoms with van der Waals surface area (Å²) in [6.45, 7) is 3.21. The smallest absolute Gasteiger partial charge is 0.124 e. The molecule has 2 heterocycles. The topological polar surface area (TPSA) is 71.3 Å². The van der Waals surface area contributed by atoms with Crippen molar-refractivity contribution in [1.82, 2.24) is 15.1 Å².